The van der Waals surface area contributed by atoms with E-state index < -0.39 is 0 Å². The van der Waals surface area contributed by atoms with Crippen LogP contribution in [0.5, 0.6) is 0 Å². The Morgan fingerprint density at radius 2 is 1.61 bits per heavy atom. The van der Waals surface area contributed by atoms with Gasteiger partial charge in [-0.05, 0) is 54.5 Å². The molecule has 1 atom stereocenters. The molecule has 2 amide bonds. The van der Waals surface area contributed by atoms with Gasteiger partial charge in [0.1, 0.15) is 0 Å². The fourth-order valence-corrected chi connectivity index (χ4v) is 4.22. The second-order valence-electron chi connectivity index (χ2n) is 6.06. The molecule has 4 nitrogen and oxygen atoms in total. The van der Waals surface area contributed by atoms with Gasteiger partial charge in [-0.15, -0.1) is 0 Å². The Kier molecular flexibility index (Phi) is 4.82. The van der Waals surface area contributed by atoms with Gasteiger partial charge in [0, 0.05) is 23.3 Å². The largest absolute Gasteiger partial charge is 0.350 e. The number of carbonyl (C=O) groups excluding carboxylic acids is 2. The standard InChI is InChI=1S/C17H20N2O2S2/c1-10-6-22-8-13(10)16(20)18-5-15(12-3-4-12)19-17(21)14-9-23-7-11(14)2/h6-9,12,15H,3-5H2,1-2H3,(H,18,20)(H,19,21). The molecular weight excluding hydrogens is 328 g/mol. The van der Waals surface area contributed by atoms with Crippen molar-refractivity contribution < 1.29 is 9.59 Å². The number of carbonyl (C=O) groups is 2. The topological polar surface area (TPSA) is 58.2 Å². The maximum Gasteiger partial charge on any atom is 0.252 e. The van der Waals surface area contributed by atoms with Gasteiger partial charge < -0.3 is 10.6 Å². The zero-order valence-electron chi connectivity index (χ0n) is 13.2. The Morgan fingerprint density at radius 1 is 1.04 bits per heavy atom. The number of hydrogen-bond donors (Lipinski definition) is 2. The lowest BCUT2D eigenvalue weighted by Gasteiger charge is -2.19. The van der Waals surface area contributed by atoms with Crippen molar-refractivity contribution in [3.8, 4) is 0 Å². The number of aryl methyl sites for hydroxylation is 2. The fraction of sp³-hybridized carbons (Fsp3) is 0.412. The van der Waals surface area contributed by atoms with Crippen LogP contribution in [0.4, 0.5) is 0 Å². The van der Waals surface area contributed by atoms with Crippen molar-refractivity contribution in [1.82, 2.24) is 10.6 Å². The van der Waals surface area contributed by atoms with Crippen LogP contribution in [0.2, 0.25) is 0 Å². The third kappa shape index (κ3) is 3.82. The van der Waals surface area contributed by atoms with Gasteiger partial charge in [0.2, 0.25) is 0 Å². The summed E-state index contributed by atoms with van der Waals surface area (Å²) in [4.78, 5) is 24.6. The molecule has 0 radical (unpaired) electrons. The van der Waals surface area contributed by atoms with E-state index in [2.05, 4.69) is 10.6 Å². The molecule has 1 saturated carbocycles. The van der Waals surface area contributed by atoms with Crippen LogP contribution < -0.4 is 10.6 Å². The minimum Gasteiger partial charge on any atom is -0.350 e. The highest BCUT2D eigenvalue weighted by Gasteiger charge is 2.33. The summed E-state index contributed by atoms with van der Waals surface area (Å²) in [6.45, 7) is 4.36. The Bertz CT molecular complexity index is 716. The normalized spacial score (nSPS) is 15.2. The molecule has 0 aliphatic heterocycles. The lowest BCUT2D eigenvalue weighted by Crippen LogP contribution is -2.45. The first-order valence-corrected chi connectivity index (χ1v) is 9.59. The molecule has 2 aromatic heterocycles. The van der Waals surface area contributed by atoms with Gasteiger partial charge in [0.05, 0.1) is 11.1 Å². The molecule has 1 aliphatic carbocycles. The zero-order valence-corrected chi connectivity index (χ0v) is 14.9. The first-order valence-electron chi connectivity index (χ1n) is 7.71. The van der Waals surface area contributed by atoms with Crippen molar-refractivity contribution >= 4 is 34.5 Å². The highest BCUT2D eigenvalue weighted by molar-refractivity contribution is 7.08. The first-order chi connectivity index (χ1) is 11.1. The quantitative estimate of drug-likeness (QED) is 0.841. The molecule has 122 valence electrons. The molecule has 0 aromatic carbocycles. The molecular formula is C17H20N2O2S2. The van der Waals surface area contributed by atoms with Crippen LogP contribution in [0.3, 0.4) is 0 Å². The number of thiophene rings is 2. The van der Waals surface area contributed by atoms with Gasteiger partial charge in [0.25, 0.3) is 11.8 Å². The van der Waals surface area contributed by atoms with E-state index in [4.69, 9.17) is 0 Å². The first kappa shape index (κ1) is 16.2. The summed E-state index contributed by atoms with van der Waals surface area (Å²) in [7, 11) is 0. The summed E-state index contributed by atoms with van der Waals surface area (Å²) in [5.41, 5.74) is 3.46. The summed E-state index contributed by atoms with van der Waals surface area (Å²) in [5, 5.41) is 13.7. The van der Waals surface area contributed by atoms with E-state index in [0.29, 0.717) is 12.5 Å². The summed E-state index contributed by atoms with van der Waals surface area (Å²) in [6.07, 6.45) is 2.22. The lowest BCUT2D eigenvalue weighted by atomic mass is 10.1. The average molecular weight is 348 g/mol. The van der Waals surface area contributed by atoms with Crippen LogP contribution in [-0.4, -0.2) is 24.4 Å². The summed E-state index contributed by atoms with van der Waals surface area (Å²) >= 11 is 3.06. The molecule has 1 unspecified atom stereocenters. The van der Waals surface area contributed by atoms with Crippen molar-refractivity contribution in [1.29, 1.82) is 0 Å². The molecule has 0 saturated heterocycles. The maximum atomic E-state index is 12.4. The van der Waals surface area contributed by atoms with Crippen molar-refractivity contribution in [3.05, 3.63) is 43.8 Å². The SMILES string of the molecule is Cc1cscc1C(=O)NCC(NC(=O)c1cscc1C)C1CC1. The van der Waals surface area contributed by atoms with E-state index >= 15 is 0 Å². The maximum absolute atomic E-state index is 12.4. The van der Waals surface area contributed by atoms with Gasteiger partial charge in [-0.1, -0.05) is 0 Å². The Morgan fingerprint density at radius 3 is 2.09 bits per heavy atom. The van der Waals surface area contributed by atoms with Gasteiger partial charge in [-0.2, -0.15) is 22.7 Å². The van der Waals surface area contributed by atoms with E-state index in [1.54, 1.807) is 0 Å². The van der Waals surface area contributed by atoms with Gasteiger partial charge >= 0.3 is 0 Å². The molecule has 23 heavy (non-hydrogen) atoms. The van der Waals surface area contributed by atoms with Crippen LogP contribution in [0.15, 0.2) is 21.5 Å². The van der Waals surface area contributed by atoms with E-state index in [9.17, 15) is 9.59 Å². The van der Waals surface area contributed by atoms with Gasteiger partial charge in [0.15, 0.2) is 0 Å². The average Bonchev–Trinajstić information content (AvgIpc) is 3.14. The Balaban J connectivity index is 1.59. The molecule has 6 heteroatoms. The zero-order chi connectivity index (χ0) is 16.4. The fourth-order valence-electron chi connectivity index (χ4n) is 2.56. The Hall–Kier alpha value is -1.66. The van der Waals surface area contributed by atoms with Crippen LogP contribution >= 0.6 is 22.7 Å². The molecule has 3 rings (SSSR count). The number of amides is 2. The highest BCUT2D eigenvalue weighted by Crippen LogP contribution is 2.32. The number of nitrogens with one attached hydrogen (secondary N) is 2. The van der Waals surface area contributed by atoms with Crippen molar-refractivity contribution in [2.75, 3.05) is 6.54 Å². The minimum atomic E-state index is -0.0598. The van der Waals surface area contributed by atoms with E-state index in [1.807, 2.05) is 35.4 Å². The second-order valence-corrected chi connectivity index (χ2v) is 7.55. The predicted octanol–water partition coefficient (Wildman–Crippen LogP) is 3.36. The van der Waals surface area contributed by atoms with E-state index in [0.717, 1.165) is 35.1 Å². The summed E-state index contributed by atoms with van der Waals surface area (Å²) in [6, 6.07) is 0.00434. The van der Waals surface area contributed by atoms with Crippen LogP contribution in [0.1, 0.15) is 44.7 Å². The van der Waals surface area contributed by atoms with Crippen LogP contribution in [-0.2, 0) is 0 Å². The summed E-state index contributed by atoms with van der Waals surface area (Å²) < 4.78 is 0. The van der Waals surface area contributed by atoms with Crippen molar-refractivity contribution in [3.63, 3.8) is 0 Å². The molecule has 2 N–H and O–H groups in total. The Labute approximate surface area is 143 Å². The highest BCUT2D eigenvalue weighted by atomic mass is 32.1. The summed E-state index contributed by atoms with van der Waals surface area (Å²) in [5.74, 6) is 0.374. The van der Waals surface area contributed by atoms with Crippen LogP contribution in [0.25, 0.3) is 0 Å². The number of rotatable bonds is 6. The molecule has 0 spiro atoms. The predicted molar refractivity (Wildman–Crippen MR) is 94.4 cm³/mol. The van der Waals surface area contributed by atoms with E-state index in [-0.39, 0.29) is 17.9 Å². The van der Waals surface area contributed by atoms with Gasteiger partial charge in [-0.25, -0.2) is 0 Å². The van der Waals surface area contributed by atoms with Crippen molar-refractivity contribution in [2.45, 2.75) is 32.7 Å². The second kappa shape index (κ2) is 6.84. The monoisotopic (exact) mass is 348 g/mol. The van der Waals surface area contributed by atoms with Crippen molar-refractivity contribution in [2.24, 2.45) is 5.92 Å². The molecule has 1 aliphatic rings. The van der Waals surface area contributed by atoms with Crippen LogP contribution in [0, 0.1) is 19.8 Å². The molecule has 1 fully saturated rings. The molecule has 2 aromatic rings. The third-order valence-electron chi connectivity index (χ3n) is 4.19. The molecule has 0 bridgehead atoms. The minimum absolute atomic E-state index is 0.00434. The third-order valence-corrected chi connectivity index (χ3v) is 5.91. The van der Waals surface area contributed by atoms with E-state index in [1.165, 1.54) is 22.7 Å². The number of hydrogen-bond acceptors (Lipinski definition) is 4. The molecule has 2 heterocycles. The van der Waals surface area contributed by atoms with Gasteiger partial charge in [-0.3, -0.25) is 9.59 Å². The lowest BCUT2D eigenvalue weighted by molar-refractivity contribution is 0.0903. The smallest absolute Gasteiger partial charge is 0.252 e.